The van der Waals surface area contributed by atoms with Crippen molar-refractivity contribution in [2.24, 2.45) is 0 Å². The summed E-state index contributed by atoms with van der Waals surface area (Å²) in [4.78, 5) is 14.3. The van der Waals surface area contributed by atoms with Gasteiger partial charge in [0.2, 0.25) is 0 Å². The molecule has 0 aliphatic heterocycles. The molecule has 0 spiro atoms. The molecular formula is C14H19N3O. The highest BCUT2D eigenvalue weighted by Crippen LogP contribution is 2.17. The number of nitrogens with one attached hydrogen (secondary N) is 1. The van der Waals surface area contributed by atoms with Crippen molar-refractivity contribution in [2.45, 2.75) is 26.7 Å². The van der Waals surface area contributed by atoms with Crippen molar-refractivity contribution in [3.63, 3.8) is 0 Å². The fourth-order valence-corrected chi connectivity index (χ4v) is 2.03. The highest BCUT2D eigenvalue weighted by Gasteiger charge is 2.18. The molecule has 0 saturated carbocycles. The van der Waals surface area contributed by atoms with Crippen molar-refractivity contribution < 1.29 is 4.79 Å². The molecule has 0 aliphatic rings. The van der Waals surface area contributed by atoms with Crippen LogP contribution in [0, 0.1) is 0 Å². The minimum absolute atomic E-state index is 0.0170. The third-order valence-electron chi connectivity index (χ3n) is 3.12. The number of H-pyrrole nitrogens is 1. The number of para-hydroxylation sites is 1. The molecule has 1 aromatic heterocycles. The zero-order valence-corrected chi connectivity index (χ0v) is 10.9. The predicted octanol–water partition coefficient (Wildman–Crippen LogP) is 2.83. The summed E-state index contributed by atoms with van der Waals surface area (Å²) in [6.45, 7) is 5.65. The van der Waals surface area contributed by atoms with Crippen LogP contribution in [0.5, 0.6) is 0 Å². The van der Waals surface area contributed by atoms with Crippen molar-refractivity contribution in [3.8, 4) is 0 Å². The minimum Gasteiger partial charge on any atom is -0.338 e. The van der Waals surface area contributed by atoms with Crippen LogP contribution in [0.1, 0.15) is 37.2 Å². The Bertz CT molecular complexity index is 533. The second-order valence-corrected chi connectivity index (χ2v) is 4.36. The van der Waals surface area contributed by atoms with E-state index < -0.39 is 0 Å². The SMILES string of the molecule is CCCCN(CC)C(=O)c1n[nH]c2ccccc12. The average molecular weight is 245 g/mol. The van der Waals surface area contributed by atoms with E-state index in [4.69, 9.17) is 0 Å². The van der Waals surface area contributed by atoms with E-state index in [0.29, 0.717) is 5.69 Å². The maximum atomic E-state index is 12.4. The summed E-state index contributed by atoms with van der Waals surface area (Å²) >= 11 is 0. The second-order valence-electron chi connectivity index (χ2n) is 4.36. The van der Waals surface area contributed by atoms with E-state index in [1.54, 1.807) is 0 Å². The number of nitrogens with zero attached hydrogens (tertiary/aromatic N) is 2. The first-order valence-corrected chi connectivity index (χ1v) is 6.50. The van der Waals surface area contributed by atoms with Crippen LogP contribution in [0.25, 0.3) is 10.9 Å². The van der Waals surface area contributed by atoms with Gasteiger partial charge in [0.05, 0.1) is 5.52 Å². The summed E-state index contributed by atoms with van der Waals surface area (Å²) in [5.41, 5.74) is 1.44. The largest absolute Gasteiger partial charge is 0.338 e. The summed E-state index contributed by atoms with van der Waals surface area (Å²) in [5, 5.41) is 7.96. The standard InChI is InChI=1S/C14H19N3O/c1-3-5-10-17(4-2)14(18)13-11-8-6-7-9-12(11)15-16-13/h6-9H,3-5,10H2,1-2H3,(H,15,16). The van der Waals surface area contributed by atoms with Crippen molar-refractivity contribution in [3.05, 3.63) is 30.0 Å². The molecule has 0 bridgehead atoms. The summed E-state index contributed by atoms with van der Waals surface area (Å²) in [6, 6.07) is 7.72. The highest BCUT2D eigenvalue weighted by atomic mass is 16.2. The maximum absolute atomic E-state index is 12.4. The van der Waals surface area contributed by atoms with Gasteiger partial charge in [-0.15, -0.1) is 0 Å². The average Bonchev–Trinajstić information content (AvgIpc) is 2.83. The quantitative estimate of drug-likeness (QED) is 0.880. The Balaban J connectivity index is 2.26. The molecule has 1 aromatic carbocycles. The number of aromatic amines is 1. The Morgan fingerprint density at radius 1 is 1.33 bits per heavy atom. The molecule has 0 atom stereocenters. The van der Waals surface area contributed by atoms with E-state index in [1.165, 1.54) is 0 Å². The first-order valence-electron chi connectivity index (χ1n) is 6.50. The number of hydrogen-bond acceptors (Lipinski definition) is 2. The number of rotatable bonds is 5. The molecule has 1 heterocycles. The van der Waals surface area contributed by atoms with E-state index in [9.17, 15) is 4.79 Å². The molecule has 1 amide bonds. The molecule has 18 heavy (non-hydrogen) atoms. The van der Waals surface area contributed by atoms with Crippen LogP contribution in [0.2, 0.25) is 0 Å². The molecule has 0 aliphatic carbocycles. The van der Waals surface area contributed by atoms with E-state index in [1.807, 2.05) is 36.1 Å². The Morgan fingerprint density at radius 3 is 2.83 bits per heavy atom. The molecule has 2 rings (SSSR count). The molecule has 4 nitrogen and oxygen atoms in total. The normalized spacial score (nSPS) is 10.8. The van der Waals surface area contributed by atoms with Crippen LogP contribution in [0.3, 0.4) is 0 Å². The van der Waals surface area contributed by atoms with Crippen LogP contribution < -0.4 is 0 Å². The van der Waals surface area contributed by atoms with Gasteiger partial charge in [-0.25, -0.2) is 0 Å². The number of unbranched alkanes of at least 4 members (excludes halogenated alkanes) is 1. The molecular weight excluding hydrogens is 226 g/mol. The Kier molecular flexibility index (Phi) is 3.97. The van der Waals surface area contributed by atoms with Crippen molar-refractivity contribution in [1.29, 1.82) is 0 Å². The van der Waals surface area contributed by atoms with Gasteiger partial charge < -0.3 is 4.90 Å². The topological polar surface area (TPSA) is 49.0 Å². The molecule has 2 aromatic rings. The van der Waals surface area contributed by atoms with Gasteiger partial charge in [-0.1, -0.05) is 31.5 Å². The number of amides is 1. The first kappa shape index (κ1) is 12.6. The fraction of sp³-hybridized carbons (Fsp3) is 0.429. The summed E-state index contributed by atoms with van der Waals surface area (Å²) < 4.78 is 0. The lowest BCUT2D eigenvalue weighted by Crippen LogP contribution is -2.32. The third kappa shape index (κ3) is 2.37. The van der Waals surface area contributed by atoms with E-state index >= 15 is 0 Å². The van der Waals surface area contributed by atoms with Gasteiger partial charge in [-0.2, -0.15) is 5.10 Å². The van der Waals surface area contributed by atoms with Crippen LogP contribution in [-0.2, 0) is 0 Å². The lowest BCUT2D eigenvalue weighted by Gasteiger charge is -2.19. The number of carbonyl (C=O) groups excluding carboxylic acids is 1. The lowest BCUT2D eigenvalue weighted by molar-refractivity contribution is 0.0758. The molecule has 0 fully saturated rings. The van der Waals surface area contributed by atoms with Crippen LogP contribution in [-0.4, -0.2) is 34.1 Å². The Labute approximate surface area is 107 Å². The molecule has 1 N–H and O–H groups in total. The molecule has 4 heteroatoms. The maximum Gasteiger partial charge on any atom is 0.274 e. The van der Waals surface area contributed by atoms with E-state index in [2.05, 4.69) is 17.1 Å². The smallest absolute Gasteiger partial charge is 0.274 e. The van der Waals surface area contributed by atoms with Gasteiger partial charge in [-0.3, -0.25) is 9.89 Å². The second kappa shape index (κ2) is 5.67. The Morgan fingerprint density at radius 2 is 2.11 bits per heavy atom. The van der Waals surface area contributed by atoms with E-state index in [-0.39, 0.29) is 5.91 Å². The van der Waals surface area contributed by atoms with Gasteiger partial charge in [0, 0.05) is 18.5 Å². The zero-order chi connectivity index (χ0) is 13.0. The number of aromatic nitrogens is 2. The molecule has 0 saturated heterocycles. The van der Waals surface area contributed by atoms with Crippen LogP contribution in [0.4, 0.5) is 0 Å². The van der Waals surface area contributed by atoms with Crippen molar-refractivity contribution in [1.82, 2.24) is 15.1 Å². The van der Waals surface area contributed by atoms with Crippen LogP contribution in [0.15, 0.2) is 24.3 Å². The summed E-state index contributed by atoms with van der Waals surface area (Å²) in [7, 11) is 0. The lowest BCUT2D eigenvalue weighted by atomic mass is 10.2. The van der Waals surface area contributed by atoms with Gasteiger partial charge in [0.1, 0.15) is 0 Å². The van der Waals surface area contributed by atoms with Crippen LogP contribution >= 0.6 is 0 Å². The molecule has 0 unspecified atom stereocenters. The number of carbonyl (C=O) groups is 1. The van der Waals surface area contributed by atoms with Gasteiger partial charge in [0.15, 0.2) is 5.69 Å². The number of fused-ring (bicyclic) bond motifs is 1. The van der Waals surface area contributed by atoms with Crippen molar-refractivity contribution >= 4 is 16.8 Å². The monoisotopic (exact) mass is 245 g/mol. The Hall–Kier alpha value is -1.84. The van der Waals surface area contributed by atoms with Gasteiger partial charge >= 0.3 is 0 Å². The third-order valence-corrected chi connectivity index (χ3v) is 3.12. The molecule has 0 radical (unpaired) electrons. The summed E-state index contributed by atoms with van der Waals surface area (Å²) in [6.07, 6.45) is 2.12. The van der Waals surface area contributed by atoms with Crippen molar-refractivity contribution in [2.75, 3.05) is 13.1 Å². The molecule has 96 valence electrons. The van der Waals surface area contributed by atoms with Gasteiger partial charge in [-0.05, 0) is 19.4 Å². The first-order chi connectivity index (χ1) is 8.77. The highest BCUT2D eigenvalue weighted by molar-refractivity contribution is 6.04. The van der Waals surface area contributed by atoms with E-state index in [0.717, 1.165) is 36.8 Å². The predicted molar refractivity (Wildman–Crippen MR) is 72.6 cm³/mol. The number of hydrogen-bond donors (Lipinski definition) is 1. The zero-order valence-electron chi connectivity index (χ0n) is 10.9. The number of benzene rings is 1. The summed E-state index contributed by atoms with van der Waals surface area (Å²) in [5.74, 6) is 0.0170. The fourth-order valence-electron chi connectivity index (χ4n) is 2.03. The minimum atomic E-state index is 0.0170. The van der Waals surface area contributed by atoms with Gasteiger partial charge in [0.25, 0.3) is 5.91 Å².